The number of rotatable bonds is 6. The molecule has 4 rings (SSSR count). The first-order valence-electron chi connectivity index (χ1n) is 9.04. The molecule has 2 aromatic heterocycles. The zero-order valence-electron chi connectivity index (χ0n) is 15.5. The Labute approximate surface area is 161 Å². The number of benzene rings is 1. The lowest BCUT2D eigenvalue weighted by molar-refractivity contribution is 0.122. The highest BCUT2D eigenvalue weighted by atomic mass is 32.2. The maximum absolute atomic E-state index is 5.61. The Morgan fingerprint density at radius 3 is 2.44 bits per heavy atom. The Bertz CT molecular complexity index is 886. The highest BCUT2D eigenvalue weighted by molar-refractivity contribution is 7.98. The number of anilines is 1. The van der Waals surface area contributed by atoms with Crippen LogP contribution in [0.5, 0.6) is 0 Å². The number of thioether (sulfide) groups is 1. The monoisotopic (exact) mass is 386 g/mol. The Balaban J connectivity index is 1.63. The third-order valence-corrected chi connectivity index (χ3v) is 5.25. The van der Waals surface area contributed by atoms with E-state index < -0.39 is 0 Å². The molecule has 27 heavy (non-hydrogen) atoms. The van der Waals surface area contributed by atoms with Crippen LogP contribution in [0.3, 0.4) is 0 Å². The summed E-state index contributed by atoms with van der Waals surface area (Å²) in [4.78, 5) is 2.21. The van der Waals surface area contributed by atoms with Crippen molar-refractivity contribution in [3.05, 3.63) is 41.6 Å². The lowest BCUT2D eigenvalue weighted by Crippen LogP contribution is -2.37. The first-order valence-corrected chi connectivity index (χ1v) is 10.0. The van der Waals surface area contributed by atoms with Gasteiger partial charge in [0.05, 0.1) is 24.7 Å². The van der Waals surface area contributed by atoms with Crippen LogP contribution in [0.2, 0.25) is 0 Å². The van der Waals surface area contributed by atoms with Crippen molar-refractivity contribution in [2.45, 2.75) is 31.2 Å². The third kappa shape index (κ3) is 3.98. The molecule has 9 heteroatoms. The molecule has 0 unspecified atom stereocenters. The summed E-state index contributed by atoms with van der Waals surface area (Å²) in [5, 5.41) is 17.8. The van der Waals surface area contributed by atoms with Crippen LogP contribution in [0.15, 0.2) is 33.8 Å². The normalized spacial score (nSPS) is 14.7. The minimum Gasteiger partial charge on any atom is -0.424 e. The van der Waals surface area contributed by atoms with Crippen LogP contribution in [-0.4, -0.2) is 51.3 Å². The van der Waals surface area contributed by atoms with Crippen molar-refractivity contribution in [3.8, 4) is 5.69 Å². The van der Waals surface area contributed by atoms with E-state index in [4.69, 9.17) is 9.15 Å². The Kier molecular flexibility index (Phi) is 5.40. The summed E-state index contributed by atoms with van der Waals surface area (Å²) in [7, 11) is 0. The molecular formula is C18H22N6O2S. The molecule has 142 valence electrons. The Morgan fingerprint density at radius 1 is 1.00 bits per heavy atom. The molecule has 0 amide bonds. The zero-order chi connectivity index (χ0) is 18.6. The number of nitrogens with zero attached hydrogens (tertiary/aromatic N) is 6. The van der Waals surface area contributed by atoms with E-state index in [1.54, 1.807) is 11.8 Å². The molecule has 1 fully saturated rings. The van der Waals surface area contributed by atoms with Crippen LogP contribution >= 0.6 is 11.8 Å². The molecule has 0 aliphatic carbocycles. The van der Waals surface area contributed by atoms with Crippen molar-refractivity contribution < 1.29 is 9.15 Å². The topological polar surface area (TPSA) is 82.1 Å². The third-order valence-electron chi connectivity index (χ3n) is 4.34. The van der Waals surface area contributed by atoms with E-state index in [1.165, 1.54) is 5.56 Å². The van der Waals surface area contributed by atoms with Gasteiger partial charge < -0.3 is 14.1 Å². The molecule has 3 aromatic rings. The molecule has 1 aromatic carbocycles. The molecule has 0 spiro atoms. The summed E-state index contributed by atoms with van der Waals surface area (Å²) in [5.41, 5.74) is 2.25. The fraction of sp³-hybridized carbons (Fsp3) is 0.444. The SMILES string of the molecule is CCc1nnc(CSc2nnc(N3CCOCC3)n2-c2ccc(C)cc2)o1. The van der Waals surface area contributed by atoms with E-state index in [2.05, 4.69) is 61.1 Å². The molecule has 0 atom stereocenters. The molecular weight excluding hydrogens is 364 g/mol. The lowest BCUT2D eigenvalue weighted by Gasteiger charge is -2.27. The first kappa shape index (κ1) is 18.0. The second-order valence-corrected chi connectivity index (χ2v) is 7.23. The number of hydrogen-bond acceptors (Lipinski definition) is 8. The number of aromatic nitrogens is 5. The van der Waals surface area contributed by atoms with E-state index in [0.29, 0.717) is 30.7 Å². The van der Waals surface area contributed by atoms with Gasteiger partial charge in [0.25, 0.3) is 0 Å². The molecule has 1 aliphatic heterocycles. The second kappa shape index (κ2) is 8.10. The van der Waals surface area contributed by atoms with Crippen LogP contribution in [0.25, 0.3) is 5.69 Å². The minimum absolute atomic E-state index is 0.556. The van der Waals surface area contributed by atoms with Crippen molar-refractivity contribution in [1.29, 1.82) is 0 Å². The first-order chi connectivity index (χ1) is 13.2. The van der Waals surface area contributed by atoms with Gasteiger partial charge in [0.1, 0.15) is 0 Å². The van der Waals surface area contributed by atoms with E-state index in [1.807, 2.05) is 6.92 Å². The molecule has 0 N–H and O–H groups in total. The average molecular weight is 386 g/mol. The highest BCUT2D eigenvalue weighted by Gasteiger charge is 2.22. The van der Waals surface area contributed by atoms with Crippen molar-refractivity contribution >= 4 is 17.7 Å². The quantitative estimate of drug-likeness (QED) is 0.598. The summed E-state index contributed by atoms with van der Waals surface area (Å²) < 4.78 is 13.2. The molecule has 1 aliphatic rings. The average Bonchev–Trinajstić information content (AvgIpc) is 3.34. The lowest BCUT2D eigenvalue weighted by atomic mass is 10.2. The van der Waals surface area contributed by atoms with Crippen LogP contribution in [-0.2, 0) is 16.9 Å². The molecule has 3 heterocycles. The number of ether oxygens (including phenoxy) is 1. The molecule has 1 saturated heterocycles. The fourth-order valence-corrected chi connectivity index (χ4v) is 3.64. The summed E-state index contributed by atoms with van der Waals surface area (Å²) in [6.45, 7) is 7.08. The Morgan fingerprint density at radius 2 is 1.74 bits per heavy atom. The van der Waals surface area contributed by atoms with E-state index >= 15 is 0 Å². The van der Waals surface area contributed by atoms with Gasteiger partial charge in [-0.1, -0.05) is 36.4 Å². The summed E-state index contributed by atoms with van der Waals surface area (Å²) in [6.07, 6.45) is 0.735. The van der Waals surface area contributed by atoms with Gasteiger partial charge in [-0.3, -0.25) is 4.57 Å². The van der Waals surface area contributed by atoms with Crippen LogP contribution in [0.1, 0.15) is 24.3 Å². The largest absolute Gasteiger partial charge is 0.424 e. The van der Waals surface area contributed by atoms with Gasteiger partial charge in [-0.15, -0.1) is 20.4 Å². The van der Waals surface area contributed by atoms with Gasteiger partial charge in [0.15, 0.2) is 5.16 Å². The van der Waals surface area contributed by atoms with Crippen molar-refractivity contribution in [3.63, 3.8) is 0 Å². The summed E-state index contributed by atoms with van der Waals surface area (Å²) in [6, 6.07) is 8.37. The van der Waals surface area contributed by atoms with Crippen molar-refractivity contribution in [2.24, 2.45) is 0 Å². The fourth-order valence-electron chi connectivity index (χ4n) is 2.86. The number of aryl methyl sites for hydroxylation is 2. The molecule has 0 radical (unpaired) electrons. The standard InChI is InChI=1S/C18H22N6O2S/c1-3-15-19-20-16(26-15)12-27-18-22-21-17(23-8-10-25-11-9-23)24(18)14-6-4-13(2)5-7-14/h4-7H,3,8-12H2,1-2H3. The van der Waals surface area contributed by atoms with Gasteiger partial charge in [-0.2, -0.15) is 0 Å². The van der Waals surface area contributed by atoms with E-state index in [0.717, 1.165) is 36.3 Å². The van der Waals surface area contributed by atoms with E-state index in [-0.39, 0.29) is 0 Å². The molecule has 8 nitrogen and oxygen atoms in total. The van der Waals surface area contributed by atoms with E-state index in [9.17, 15) is 0 Å². The predicted octanol–water partition coefficient (Wildman–Crippen LogP) is 2.65. The maximum atomic E-state index is 5.61. The van der Waals surface area contributed by atoms with Gasteiger partial charge in [-0.25, -0.2) is 0 Å². The van der Waals surface area contributed by atoms with Gasteiger partial charge in [-0.05, 0) is 19.1 Å². The minimum atomic E-state index is 0.556. The Hall–Kier alpha value is -2.39. The second-order valence-electron chi connectivity index (χ2n) is 6.28. The van der Waals surface area contributed by atoms with Crippen LogP contribution < -0.4 is 4.90 Å². The van der Waals surface area contributed by atoms with Gasteiger partial charge in [0, 0.05) is 19.5 Å². The predicted molar refractivity (Wildman–Crippen MR) is 102 cm³/mol. The summed E-state index contributed by atoms with van der Waals surface area (Å²) >= 11 is 1.54. The molecule has 0 bridgehead atoms. The van der Waals surface area contributed by atoms with Crippen LogP contribution in [0, 0.1) is 6.92 Å². The molecule has 0 saturated carbocycles. The number of hydrogen-bond donors (Lipinski definition) is 0. The van der Waals surface area contributed by atoms with Gasteiger partial charge >= 0.3 is 0 Å². The summed E-state index contributed by atoms with van der Waals surface area (Å²) in [5.74, 6) is 2.65. The maximum Gasteiger partial charge on any atom is 0.232 e. The van der Waals surface area contributed by atoms with Crippen molar-refractivity contribution in [2.75, 3.05) is 31.2 Å². The highest BCUT2D eigenvalue weighted by Crippen LogP contribution is 2.29. The van der Waals surface area contributed by atoms with Crippen LogP contribution in [0.4, 0.5) is 5.95 Å². The van der Waals surface area contributed by atoms with Crippen molar-refractivity contribution in [1.82, 2.24) is 25.0 Å². The smallest absolute Gasteiger partial charge is 0.232 e. The number of morpholine rings is 1. The zero-order valence-corrected chi connectivity index (χ0v) is 16.3. The van der Waals surface area contributed by atoms with Gasteiger partial charge in [0.2, 0.25) is 17.7 Å².